The van der Waals surface area contributed by atoms with Crippen molar-refractivity contribution in [3.8, 4) is 5.69 Å². The number of carbonyl (C=O) groups is 1. The third-order valence-corrected chi connectivity index (χ3v) is 3.85. The van der Waals surface area contributed by atoms with Gasteiger partial charge in [0.25, 0.3) is 0 Å². The maximum absolute atomic E-state index is 11.0. The normalized spacial score (nSPS) is 11.1. The molecular formula is C22H25IrN2O2-. The summed E-state index contributed by atoms with van der Waals surface area (Å²) in [6.07, 6.45) is 3.19. The molecule has 0 bridgehead atoms. The Morgan fingerprint density at radius 2 is 1.74 bits per heavy atom. The topological polar surface area (TPSA) is 55.1 Å². The van der Waals surface area contributed by atoms with E-state index in [0.717, 1.165) is 16.6 Å². The van der Waals surface area contributed by atoms with Gasteiger partial charge in [-0.25, -0.2) is 0 Å². The van der Waals surface area contributed by atoms with Crippen molar-refractivity contribution in [1.82, 2.24) is 9.78 Å². The standard InChI is InChI=1S/C13H9N2.C9H16O2.Ir/c1-2-7-12(8-3-1)15-13-9-5-4-6-11(13)10-14-15;1-6(2)8(10)5-9(11)7(3)4;/h1-7,9-10H;5-7,10H,1-4H3;/q-1;;/b;8-5-;. The van der Waals surface area contributed by atoms with Crippen LogP contribution in [-0.4, -0.2) is 20.7 Å². The number of aliphatic hydroxyl groups excluding tert-OH is 1. The van der Waals surface area contributed by atoms with Crippen LogP contribution in [0.3, 0.4) is 0 Å². The molecule has 0 saturated carbocycles. The Kier molecular flexibility index (Phi) is 9.13. The average Bonchev–Trinajstić information content (AvgIpc) is 3.07. The van der Waals surface area contributed by atoms with E-state index in [1.165, 1.54) is 6.08 Å². The summed E-state index contributed by atoms with van der Waals surface area (Å²) in [5.74, 6) is 0.161. The summed E-state index contributed by atoms with van der Waals surface area (Å²) in [6.45, 7) is 7.32. The summed E-state index contributed by atoms with van der Waals surface area (Å²) >= 11 is 0. The number of carbonyl (C=O) groups excluding carboxylic acids is 1. The minimum Gasteiger partial charge on any atom is -0.512 e. The third-order valence-electron chi connectivity index (χ3n) is 3.85. The van der Waals surface area contributed by atoms with Crippen LogP contribution in [0.5, 0.6) is 0 Å². The number of allylic oxidation sites excluding steroid dienone is 2. The van der Waals surface area contributed by atoms with Gasteiger partial charge >= 0.3 is 0 Å². The van der Waals surface area contributed by atoms with E-state index >= 15 is 0 Å². The molecule has 27 heavy (non-hydrogen) atoms. The van der Waals surface area contributed by atoms with Crippen LogP contribution in [0.2, 0.25) is 0 Å². The van der Waals surface area contributed by atoms with Crippen LogP contribution in [0, 0.1) is 17.9 Å². The first-order valence-electron chi connectivity index (χ1n) is 8.74. The molecule has 0 saturated heterocycles. The number of benzene rings is 2. The summed E-state index contributed by atoms with van der Waals surface area (Å²) in [4.78, 5) is 11.0. The van der Waals surface area contributed by atoms with Crippen molar-refractivity contribution in [3.05, 3.63) is 72.6 Å². The van der Waals surface area contributed by atoms with E-state index in [-0.39, 0.29) is 43.5 Å². The van der Waals surface area contributed by atoms with Gasteiger partial charge in [0.05, 0.1) is 17.5 Å². The number of hydrogen-bond donors (Lipinski definition) is 1. The average molecular weight is 542 g/mol. The monoisotopic (exact) mass is 542 g/mol. The summed E-state index contributed by atoms with van der Waals surface area (Å²) in [5.41, 5.74) is 2.08. The number of aliphatic hydroxyl groups is 1. The smallest absolute Gasteiger partial charge is 0.161 e. The van der Waals surface area contributed by atoms with Crippen LogP contribution in [0.4, 0.5) is 0 Å². The Labute approximate surface area is 174 Å². The molecule has 0 fully saturated rings. The molecule has 3 aromatic rings. The predicted molar refractivity (Wildman–Crippen MR) is 105 cm³/mol. The second kappa shape index (κ2) is 10.8. The van der Waals surface area contributed by atoms with Crippen molar-refractivity contribution in [2.24, 2.45) is 11.8 Å². The predicted octanol–water partition coefficient (Wildman–Crippen LogP) is 5.13. The van der Waals surface area contributed by atoms with Gasteiger partial charge < -0.3 is 5.11 Å². The Hall–Kier alpha value is -2.23. The van der Waals surface area contributed by atoms with Crippen LogP contribution in [0.15, 0.2) is 66.6 Å². The van der Waals surface area contributed by atoms with E-state index in [4.69, 9.17) is 0 Å². The fraction of sp³-hybridized carbons (Fsp3) is 0.273. The molecule has 0 aliphatic carbocycles. The molecule has 1 N–H and O–H groups in total. The maximum Gasteiger partial charge on any atom is 0.161 e. The molecule has 145 valence electrons. The summed E-state index contributed by atoms with van der Waals surface area (Å²) in [7, 11) is 0. The van der Waals surface area contributed by atoms with Crippen molar-refractivity contribution in [3.63, 3.8) is 0 Å². The zero-order valence-corrected chi connectivity index (χ0v) is 18.4. The van der Waals surface area contributed by atoms with Gasteiger partial charge in [0, 0.05) is 43.4 Å². The molecule has 0 amide bonds. The van der Waals surface area contributed by atoms with Crippen LogP contribution in [0.1, 0.15) is 27.7 Å². The number of nitrogens with zero attached hydrogens (tertiary/aromatic N) is 2. The minimum atomic E-state index is -0.0316. The van der Waals surface area contributed by atoms with Crippen LogP contribution >= 0.6 is 0 Å². The number of hydrogen-bond acceptors (Lipinski definition) is 3. The second-order valence-corrected chi connectivity index (χ2v) is 6.64. The molecule has 3 rings (SSSR count). The van der Waals surface area contributed by atoms with E-state index in [1.54, 1.807) is 0 Å². The van der Waals surface area contributed by atoms with Gasteiger partial charge in [0.1, 0.15) is 0 Å². The summed E-state index contributed by atoms with van der Waals surface area (Å²) in [5, 5.41) is 14.7. The van der Waals surface area contributed by atoms with Crippen LogP contribution in [-0.2, 0) is 24.9 Å². The Morgan fingerprint density at radius 1 is 1.07 bits per heavy atom. The van der Waals surface area contributed by atoms with Gasteiger partial charge in [-0.05, 0) is 11.8 Å². The quantitative estimate of drug-likeness (QED) is 0.283. The fourth-order valence-corrected chi connectivity index (χ4v) is 2.16. The van der Waals surface area contributed by atoms with Gasteiger partial charge in [-0.2, -0.15) is 29.4 Å². The first-order valence-corrected chi connectivity index (χ1v) is 8.74. The molecule has 2 aromatic carbocycles. The van der Waals surface area contributed by atoms with Crippen molar-refractivity contribution < 1.29 is 30.0 Å². The zero-order valence-electron chi connectivity index (χ0n) is 16.0. The number of aromatic nitrogens is 2. The summed E-state index contributed by atoms with van der Waals surface area (Å²) in [6, 6.07) is 19.1. The first-order chi connectivity index (χ1) is 12.4. The molecule has 0 unspecified atom stereocenters. The Balaban J connectivity index is 0.000000276. The molecule has 0 spiro atoms. The third kappa shape index (κ3) is 6.46. The molecule has 0 atom stereocenters. The Bertz CT molecular complexity index is 883. The number of para-hydroxylation sites is 2. The van der Waals surface area contributed by atoms with Crippen molar-refractivity contribution >= 4 is 16.7 Å². The second-order valence-electron chi connectivity index (χ2n) is 6.64. The van der Waals surface area contributed by atoms with Gasteiger partial charge in [0.2, 0.25) is 0 Å². The SMILES string of the molecule is CC(C)C(=O)/C=C(\O)C(C)C.[Ir].[c-]1ccccc1-n1ncc2ccccc21. The van der Waals surface area contributed by atoms with Gasteiger partial charge in [-0.1, -0.05) is 45.9 Å². The van der Waals surface area contributed by atoms with Gasteiger partial charge in [-0.15, -0.1) is 6.07 Å². The molecule has 1 radical (unpaired) electrons. The molecule has 1 heterocycles. The molecule has 0 aliphatic heterocycles. The Morgan fingerprint density at radius 3 is 2.33 bits per heavy atom. The van der Waals surface area contributed by atoms with Gasteiger partial charge in [0.15, 0.2) is 5.78 Å². The number of rotatable bonds is 4. The van der Waals surface area contributed by atoms with E-state index in [9.17, 15) is 9.90 Å². The molecule has 4 nitrogen and oxygen atoms in total. The molecular weight excluding hydrogens is 516 g/mol. The molecule has 1 aromatic heterocycles. The van der Waals surface area contributed by atoms with Crippen LogP contribution < -0.4 is 0 Å². The largest absolute Gasteiger partial charge is 0.512 e. The number of fused-ring (bicyclic) bond motifs is 1. The first kappa shape index (κ1) is 22.8. The fourth-order valence-electron chi connectivity index (χ4n) is 2.16. The molecule has 5 heteroatoms. The van der Waals surface area contributed by atoms with Gasteiger partial charge in [-0.3, -0.25) is 9.48 Å². The van der Waals surface area contributed by atoms with E-state index < -0.39 is 0 Å². The van der Waals surface area contributed by atoms with Crippen molar-refractivity contribution in [1.29, 1.82) is 0 Å². The number of ketones is 1. The molecule has 0 aliphatic rings. The van der Waals surface area contributed by atoms with Crippen molar-refractivity contribution in [2.75, 3.05) is 0 Å². The maximum atomic E-state index is 11.0. The zero-order chi connectivity index (χ0) is 19.1. The summed E-state index contributed by atoms with van der Waals surface area (Å²) < 4.78 is 1.90. The van der Waals surface area contributed by atoms with E-state index in [2.05, 4.69) is 23.3 Å². The van der Waals surface area contributed by atoms with Crippen LogP contribution in [0.25, 0.3) is 16.6 Å². The minimum absolute atomic E-state index is 0. The van der Waals surface area contributed by atoms with E-state index in [1.807, 2.05) is 75.0 Å². The van der Waals surface area contributed by atoms with Crippen molar-refractivity contribution in [2.45, 2.75) is 27.7 Å². The van der Waals surface area contributed by atoms with E-state index in [0.29, 0.717) is 0 Å².